The molecule has 2 fully saturated rings. The molecule has 0 N–H and O–H groups in total. The number of benzene rings is 3. The molecule has 2 saturated heterocycles. The molecule has 5 rings (SSSR count). The van der Waals surface area contributed by atoms with Gasteiger partial charge in [-0.3, -0.25) is 0 Å². The molecular weight excluding hydrogens is 452 g/mol. The summed E-state index contributed by atoms with van der Waals surface area (Å²) in [6.07, 6.45) is 0.329. The maximum Gasteiger partial charge on any atom is 0.343 e. The van der Waals surface area contributed by atoms with E-state index in [1.807, 2.05) is 0 Å². The quantitative estimate of drug-likeness (QED) is 0.246. The van der Waals surface area contributed by atoms with Gasteiger partial charge >= 0.3 is 11.9 Å². The third-order valence-electron chi connectivity index (χ3n) is 5.42. The van der Waals surface area contributed by atoms with Crippen molar-refractivity contribution in [2.45, 2.75) is 19.1 Å². The third-order valence-corrected chi connectivity index (χ3v) is 5.42. The van der Waals surface area contributed by atoms with Crippen molar-refractivity contribution in [3.63, 3.8) is 0 Å². The molecule has 3 aromatic carbocycles. The first-order valence-electron chi connectivity index (χ1n) is 11.3. The molecule has 0 bridgehead atoms. The Morgan fingerprint density at radius 2 is 1.17 bits per heavy atom. The van der Waals surface area contributed by atoms with Gasteiger partial charge in [-0.25, -0.2) is 9.59 Å². The van der Waals surface area contributed by atoms with Gasteiger partial charge in [0.15, 0.2) is 0 Å². The van der Waals surface area contributed by atoms with Crippen LogP contribution in [0.1, 0.15) is 26.3 Å². The fourth-order valence-electron chi connectivity index (χ4n) is 3.21. The summed E-state index contributed by atoms with van der Waals surface area (Å²) in [4.78, 5) is 25.0. The van der Waals surface area contributed by atoms with Crippen molar-refractivity contribution in [2.24, 2.45) is 0 Å². The molecule has 2 atom stereocenters. The zero-order valence-electron chi connectivity index (χ0n) is 19.1. The zero-order valence-corrected chi connectivity index (χ0v) is 19.1. The van der Waals surface area contributed by atoms with Gasteiger partial charge in [-0.05, 0) is 79.2 Å². The van der Waals surface area contributed by atoms with E-state index in [1.165, 1.54) is 0 Å². The van der Waals surface area contributed by atoms with Crippen LogP contribution < -0.4 is 18.9 Å². The van der Waals surface area contributed by atoms with Gasteiger partial charge in [-0.15, -0.1) is 0 Å². The number of rotatable bonds is 10. The highest BCUT2D eigenvalue weighted by Crippen LogP contribution is 2.26. The summed E-state index contributed by atoms with van der Waals surface area (Å²) in [6.45, 7) is 4.21. The zero-order chi connectivity index (χ0) is 24.2. The molecule has 0 aliphatic carbocycles. The molecule has 2 aliphatic rings. The Labute approximate surface area is 202 Å². The Bertz CT molecular complexity index is 1190. The minimum atomic E-state index is -0.498. The van der Waals surface area contributed by atoms with E-state index in [2.05, 4.69) is 0 Å². The highest BCUT2D eigenvalue weighted by molar-refractivity contribution is 5.92. The van der Waals surface area contributed by atoms with Crippen LogP contribution in [0.25, 0.3) is 0 Å². The van der Waals surface area contributed by atoms with E-state index in [1.54, 1.807) is 73.7 Å². The van der Waals surface area contributed by atoms with E-state index >= 15 is 0 Å². The van der Waals surface area contributed by atoms with Gasteiger partial charge in [-0.2, -0.15) is 0 Å². The van der Waals surface area contributed by atoms with E-state index in [0.29, 0.717) is 52.9 Å². The average molecular weight is 476 g/mol. The molecule has 35 heavy (non-hydrogen) atoms. The van der Waals surface area contributed by atoms with E-state index < -0.39 is 11.9 Å². The number of epoxide rings is 2. The first kappa shape index (κ1) is 22.9. The lowest BCUT2D eigenvalue weighted by molar-refractivity contribution is 0.0718. The highest BCUT2D eigenvalue weighted by Gasteiger charge is 2.24. The first-order chi connectivity index (χ1) is 17.0. The fraction of sp³-hybridized carbons (Fsp3) is 0.259. The molecule has 2 heterocycles. The predicted molar refractivity (Wildman–Crippen MR) is 124 cm³/mol. The van der Waals surface area contributed by atoms with Gasteiger partial charge in [0.2, 0.25) is 0 Å². The number of carbonyl (C=O) groups excluding carboxylic acids is 2. The molecule has 0 aromatic heterocycles. The van der Waals surface area contributed by atoms with Gasteiger partial charge in [0.1, 0.15) is 48.4 Å². The van der Waals surface area contributed by atoms with Crippen molar-refractivity contribution in [2.75, 3.05) is 26.4 Å². The molecule has 3 aromatic rings. The van der Waals surface area contributed by atoms with Crippen molar-refractivity contribution >= 4 is 11.9 Å². The lowest BCUT2D eigenvalue weighted by atomic mass is 10.2. The smallest absolute Gasteiger partial charge is 0.343 e. The van der Waals surface area contributed by atoms with Gasteiger partial charge < -0.3 is 28.4 Å². The summed E-state index contributed by atoms with van der Waals surface area (Å²) in [5.41, 5.74) is 1.44. The molecule has 0 amide bonds. The molecule has 2 aliphatic heterocycles. The second-order valence-corrected chi connectivity index (χ2v) is 8.29. The second kappa shape index (κ2) is 10.2. The van der Waals surface area contributed by atoms with E-state index in [0.717, 1.165) is 13.2 Å². The van der Waals surface area contributed by atoms with Crippen LogP contribution >= 0.6 is 0 Å². The Morgan fingerprint density at radius 1 is 0.714 bits per heavy atom. The Hall–Kier alpha value is -3.88. The van der Waals surface area contributed by atoms with Crippen molar-refractivity contribution in [1.29, 1.82) is 0 Å². The minimum Gasteiger partial charge on any atom is -0.491 e. The van der Waals surface area contributed by atoms with Crippen LogP contribution in [0.3, 0.4) is 0 Å². The fourth-order valence-corrected chi connectivity index (χ4v) is 3.21. The molecule has 0 spiro atoms. The SMILES string of the molecule is Cc1cc(OC(=O)c2ccc(OCC3CO3)cc2)ccc1OC(=O)c1ccc(OCC2CO2)cc1. The van der Waals surface area contributed by atoms with Crippen molar-refractivity contribution in [1.82, 2.24) is 0 Å². The third kappa shape index (κ3) is 6.38. The molecular formula is C27H24O8. The largest absolute Gasteiger partial charge is 0.491 e. The lowest BCUT2D eigenvalue weighted by Crippen LogP contribution is -2.11. The number of aryl methyl sites for hydroxylation is 1. The molecule has 0 saturated carbocycles. The summed E-state index contributed by atoms with van der Waals surface area (Å²) in [6, 6.07) is 18.3. The number of esters is 2. The molecule has 180 valence electrons. The number of hydrogen-bond acceptors (Lipinski definition) is 8. The van der Waals surface area contributed by atoms with Crippen LogP contribution in [-0.2, 0) is 9.47 Å². The van der Waals surface area contributed by atoms with E-state index in [-0.39, 0.29) is 12.2 Å². The highest BCUT2D eigenvalue weighted by atomic mass is 16.6. The Morgan fingerprint density at radius 3 is 1.63 bits per heavy atom. The number of ether oxygens (including phenoxy) is 6. The summed E-state index contributed by atoms with van der Waals surface area (Å²) in [5.74, 6) is 1.05. The topological polar surface area (TPSA) is 96.1 Å². The van der Waals surface area contributed by atoms with Crippen molar-refractivity contribution < 1.29 is 38.0 Å². The Balaban J connectivity index is 1.15. The summed E-state index contributed by atoms with van der Waals surface area (Å²) in [7, 11) is 0. The standard InChI is InChI=1S/C27H24O8/c1-17-12-22(34-26(28)18-2-6-20(7-3-18)30-13-23-15-32-23)10-11-25(17)35-27(29)19-4-8-21(9-5-19)31-14-24-16-33-24/h2-12,23-24H,13-16H2,1H3. The maximum absolute atomic E-state index is 12.5. The van der Waals surface area contributed by atoms with Gasteiger partial charge in [0.25, 0.3) is 0 Å². The van der Waals surface area contributed by atoms with Gasteiger partial charge in [0.05, 0.1) is 24.3 Å². The summed E-state index contributed by atoms with van der Waals surface area (Å²) >= 11 is 0. The monoisotopic (exact) mass is 476 g/mol. The van der Waals surface area contributed by atoms with Crippen LogP contribution in [0, 0.1) is 6.92 Å². The normalized spacial score (nSPS) is 17.9. The summed E-state index contributed by atoms with van der Waals surface area (Å²) in [5, 5.41) is 0. The molecule has 0 radical (unpaired) electrons. The molecule has 8 nitrogen and oxygen atoms in total. The predicted octanol–water partition coefficient (Wildman–Crippen LogP) is 3.99. The first-order valence-corrected chi connectivity index (χ1v) is 11.3. The number of hydrogen-bond donors (Lipinski definition) is 0. The van der Waals surface area contributed by atoms with Crippen LogP contribution in [0.2, 0.25) is 0 Å². The van der Waals surface area contributed by atoms with E-state index in [4.69, 9.17) is 28.4 Å². The van der Waals surface area contributed by atoms with Gasteiger partial charge in [-0.1, -0.05) is 0 Å². The maximum atomic E-state index is 12.5. The minimum absolute atomic E-state index is 0.164. The number of carbonyl (C=O) groups is 2. The molecule has 8 heteroatoms. The van der Waals surface area contributed by atoms with Crippen LogP contribution in [-0.4, -0.2) is 50.6 Å². The Kier molecular flexibility index (Phi) is 6.65. The van der Waals surface area contributed by atoms with E-state index in [9.17, 15) is 9.59 Å². The van der Waals surface area contributed by atoms with Crippen LogP contribution in [0.4, 0.5) is 0 Å². The molecule has 2 unspecified atom stereocenters. The average Bonchev–Trinajstić information content (AvgIpc) is 3.79. The van der Waals surface area contributed by atoms with Crippen LogP contribution in [0.15, 0.2) is 66.7 Å². The van der Waals surface area contributed by atoms with Crippen LogP contribution in [0.5, 0.6) is 23.0 Å². The lowest BCUT2D eigenvalue weighted by Gasteiger charge is -2.11. The van der Waals surface area contributed by atoms with Gasteiger partial charge in [0, 0.05) is 0 Å². The second-order valence-electron chi connectivity index (χ2n) is 8.29. The summed E-state index contributed by atoms with van der Waals surface area (Å²) < 4.78 is 32.4. The van der Waals surface area contributed by atoms with Crippen molar-refractivity contribution in [3.05, 3.63) is 83.4 Å². The van der Waals surface area contributed by atoms with Crippen molar-refractivity contribution in [3.8, 4) is 23.0 Å².